The molecule has 0 saturated heterocycles. The molecule has 146 valence electrons. The zero-order valence-electron chi connectivity index (χ0n) is 14.5. The zero-order valence-corrected chi connectivity index (χ0v) is 14.5. The summed E-state index contributed by atoms with van der Waals surface area (Å²) < 4.78 is 45.0. The number of imidazole rings is 1. The fourth-order valence-corrected chi connectivity index (χ4v) is 2.68. The second-order valence-corrected chi connectivity index (χ2v) is 5.72. The number of rotatable bonds is 3. The normalized spacial score (nSPS) is 11.5. The molecule has 0 aliphatic carbocycles. The molecule has 11 heteroatoms. The van der Waals surface area contributed by atoms with E-state index in [0.29, 0.717) is 5.52 Å². The van der Waals surface area contributed by atoms with Crippen LogP contribution in [0.3, 0.4) is 0 Å². The van der Waals surface area contributed by atoms with E-state index in [1.807, 2.05) is 0 Å². The van der Waals surface area contributed by atoms with Crippen LogP contribution < -0.4 is 5.48 Å². The largest absolute Gasteiger partial charge is 0.465 e. The second-order valence-electron chi connectivity index (χ2n) is 5.72. The number of pyridine rings is 1. The zero-order chi connectivity index (χ0) is 20.6. The lowest BCUT2D eigenvalue weighted by Crippen LogP contribution is -2.21. The van der Waals surface area contributed by atoms with Crippen molar-refractivity contribution in [1.82, 2.24) is 20.0 Å². The van der Waals surface area contributed by atoms with Gasteiger partial charge in [0.25, 0.3) is 5.91 Å². The fraction of sp³-hybridized carbons (Fsp3) is 0.176. The van der Waals surface area contributed by atoms with Gasteiger partial charge in [0, 0.05) is 7.05 Å². The number of carbonyl (C=O) groups is 2. The summed E-state index contributed by atoms with van der Waals surface area (Å²) in [6, 6.07) is 5.47. The number of alkyl halides is 3. The third kappa shape index (κ3) is 3.27. The van der Waals surface area contributed by atoms with Crippen LogP contribution in [0.4, 0.5) is 13.2 Å². The topological polar surface area (TPSA) is 106 Å². The van der Waals surface area contributed by atoms with Gasteiger partial charge in [0.05, 0.1) is 29.3 Å². The van der Waals surface area contributed by atoms with E-state index in [1.54, 1.807) is 0 Å². The summed E-state index contributed by atoms with van der Waals surface area (Å²) in [4.78, 5) is 31.9. The molecule has 0 radical (unpaired) electrons. The van der Waals surface area contributed by atoms with Gasteiger partial charge in [-0.15, -0.1) is 0 Å². The molecule has 2 heterocycles. The van der Waals surface area contributed by atoms with E-state index in [1.165, 1.54) is 35.3 Å². The van der Waals surface area contributed by atoms with Gasteiger partial charge in [-0.2, -0.15) is 13.2 Å². The van der Waals surface area contributed by atoms with Gasteiger partial charge in [-0.1, -0.05) is 0 Å². The number of ether oxygens (including phenoxy) is 1. The van der Waals surface area contributed by atoms with E-state index >= 15 is 0 Å². The fourth-order valence-electron chi connectivity index (χ4n) is 2.68. The monoisotopic (exact) mass is 394 g/mol. The Labute approximate surface area is 155 Å². The molecule has 2 N–H and O–H groups in total. The van der Waals surface area contributed by atoms with Crippen molar-refractivity contribution in [1.29, 1.82) is 0 Å². The minimum absolute atomic E-state index is 0.0296. The van der Waals surface area contributed by atoms with Crippen LogP contribution in [0.2, 0.25) is 0 Å². The summed E-state index contributed by atoms with van der Waals surface area (Å²) in [6.07, 6.45) is -4.54. The maximum atomic E-state index is 13.0. The number of hydrogen-bond acceptors (Lipinski definition) is 6. The van der Waals surface area contributed by atoms with Crippen LogP contribution in [0.1, 0.15) is 26.4 Å². The summed E-state index contributed by atoms with van der Waals surface area (Å²) in [5, 5.41) is 8.79. The molecule has 0 atom stereocenters. The molecule has 0 aliphatic heterocycles. The quantitative estimate of drug-likeness (QED) is 0.402. The molecule has 0 saturated carbocycles. The average Bonchev–Trinajstić information content (AvgIpc) is 3.01. The molecular weight excluding hydrogens is 381 g/mol. The van der Waals surface area contributed by atoms with Gasteiger partial charge in [0.1, 0.15) is 11.4 Å². The Hall–Kier alpha value is -3.47. The number of fused-ring (bicyclic) bond motifs is 1. The summed E-state index contributed by atoms with van der Waals surface area (Å²) in [5.74, 6) is -1.67. The SMILES string of the molecule is COC(=O)c1ccc(C(=O)NO)nc1-c1nc2cc(C(F)(F)F)ccc2n1C. The Bertz CT molecular complexity index is 1090. The van der Waals surface area contributed by atoms with Crippen LogP contribution in [0.15, 0.2) is 30.3 Å². The predicted molar refractivity (Wildman–Crippen MR) is 89.5 cm³/mol. The van der Waals surface area contributed by atoms with Crippen molar-refractivity contribution in [3.05, 3.63) is 47.2 Å². The van der Waals surface area contributed by atoms with Gasteiger partial charge in [-0.05, 0) is 30.3 Å². The standard InChI is InChI=1S/C17H13F3N4O4/c1-24-12-6-3-8(17(18,19)20)7-11(12)22-14(24)13-9(16(26)28-2)4-5-10(21-13)15(25)23-27/h3-7,27H,1-2H3,(H,23,25). The predicted octanol–water partition coefficient (Wildman–Crippen LogP) is 2.56. The summed E-state index contributed by atoms with van der Waals surface area (Å²) in [6.45, 7) is 0. The molecule has 2 aromatic heterocycles. The minimum Gasteiger partial charge on any atom is -0.465 e. The van der Waals surface area contributed by atoms with Gasteiger partial charge in [-0.3, -0.25) is 10.0 Å². The smallest absolute Gasteiger partial charge is 0.416 e. The van der Waals surface area contributed by atoms with E-state index in [2.05, 4.69) is 14.7 Å². The number of carbonyl (C=O) groups excluding carboxylic acids is 2. The van der Waals surface area contributed by atoms with Crippen molar-refractivity contribution >= 4 is 22.9 Å². The minimum atomic E-state index is -4.54. The molecule has 0 spiro atoms. The first-order chi connectivity index (χ1) is 13.2. The Morgan fingerprint density at radius 2 is 1.89 bits per heavy atom. The molecule has 1 amide bonds. The summed E-state index contributed by atoms with van der Waals surface area (Å²) >= 11 is 0. The summed E-state index contributed by atoms with van der Waals surface area (Å²) in [5.41, 5.74) is 0.570. The maximum Gasteiger partial charge on any atom is 0.416 e. The number of hydrogen-bond donors (Lipinski definition) is 2. The molecule has 0 unspecified atom stereocenters. The first kappa shape index (κ1) is 19.3. The van der Waals surface area contributed by atoms with Crippen molar-refractivity contribution in [2.45, 2.75) is 6.18 Å². The summed E-state index contributed by atoms with van der Waals surface area (Å²) in [7, 11) is 2.67. The molecule has 1 aromatic carbocycles. The van der Waals surface area contributed by atoms with E-state index in [-0.39, 0.29) is 28.3 Å². The van der Waals surface area contributed by atoms with E-state index in [9.17, 15) is 22.8 Å². The number of amides is 1. The number of aryl methyl sites for hydroxylation is 1. The van der Waals surface area contributed by atoms with Crippen molar-refractivity contribution in [2.75, 3.05) is 7.11 Å². The maximum absolute atomic E-state index is 13.0. The van der Waals surface area contributed by atoms with Crippen molar-refractivity contribution in [2.24, 2.45) is 7.05 Å². The Morgan fingerprint density at radius 3 is 2.50 bits per heavy atom. The van der Waals surface area contributed by atoms with Crippen LogP contribution in [0.25, 0.3) is 22.6 Å². The lowest BCUT2D eigenvalue weighted by Gasteiger charge is -2.09. The van der Waals surface area contributed by atoms with Crippen LogP contribution in [0, 0.1) is 0 Å². The third-order valence-electron chi connectivity index (χ3n) is 4.05. The molecule has 3 aromatic rings. The lowest BCUT2D eigenvalue weighted by atomic mass is 10.1. The Kier molecular flexibility index (Phi) is 4.77. The molecule has 0 bridgehead atoms. The third-order valence-corrected chi connectivity index (χ3v) is 4.05. The van der Waals surface area contributed by atoms with Crippen LogP contribution in [-0.4, -0.2) is 38.7 Å². The lowest BCUT2D eigenvalue weighted by molar-refractivity contribution is -0.137. The highest BCUT2D eigenvalue weighted by Gasteiger charge is 2.31. The van der Waals surface area contributed by atoms with Gasteiger partial charge >= 0.3 is 12.1 Å². The molecule has 3 rings (SSSR count). The van der Waals surface area contributed by atoms with Crippen LogP contribution >= 0.6 is 0 Å². The van der Waals surface area contributed by atoms with E-state index in [0.717, 1.165) is 19.2 Å². The van der Waals surface area contributed by atoms with Gasteiger partial charge in [0.15, 0.2) is 5.82 Å². The average molecular weight is 394 g/mol. The van der Waals surface area contributed by atoms with Crippen molar-refractivity contribution in [3.8, 4) is 11.5 Å². The number of hydroxylamine groups is 1. The molecule has 0 aliphatic rings. The number of esters is 1. The van der Waals surface area contributed by atoms with E-state index < -0.39 is 23.6 Å². The number of nitrogens with one attached hydrogen (secondary N) is 1. The Morgan fingerprint density at radius 1 is 1.18 bits per heavy atom. The number of methoxy groups -OCH3 is 1. The molecule has 28 heavy (non-hydrogen) atoms. The van der Waals surface area contributed by atoms with Crippen LogP contribution in [0.5, 0.6) is 0 Å². The number of aromatic nitrogens is 3. The first-order valence-corrected chi connectivity index (χ1v) is 7.75. The highest BCUT2D eigenvalue weighted by Crippen LogP contribution is 2.33. The van der Waals surface area contributed by atoms with Crippen molar-refractivity contribution < 1.29 is 32.7 Å². The van der Waals surface area contributed by atoms with Gasteiger partial charge < -0.3 is 9.30 Å². The highest BCUT2D eigenvalue weighted by molar-refractivity contribution is 5.98. The molecule has 8 nitrogen and oxygen atoms in total. The van der Waals surface area contributed by atoms with Crippen LogP contribution in [-0.2, 0) is 18.0 Å². The van der Waals surface area contributed by atoms with E-state index in [4.69, 9.17) is 5.21 Å². The van der Waals surface area contributed by atoms with Crippen molar-refractivity contribution in [3.63, 3.8) is 0 Å². The van der Waals surface area contributed by atoms with Gasteiger partial charge in [-0.25, -0.2) is 20.2 Å². The Balaban J connectivity index is 2.26. The highest BCUT2D eigenvalue weighted by atomic mass is 19.4. The number of halogens is 3. The van der Waals surface area contributed by atoms with Gasteiger partial charge in [0.2, 0.25) is 0 Å². The molecule has 0 fully saturated rings. The first-order valence-electron chi connectivity index (χ1n) is 7.75. The second kappa shape index (κ2) is 6.93. The number of nitrogens with zero attached hydrogens (tertiary/aromatic N) is 3. The molecular formula is C17H13F3N4O4. The number of benzene rings is 1.